The van der Waals surface area contributed by atoms with Crippen LogP contribution in [-0.2, 0) is 0 Å². The first-order valence-electron chi connectivity index (χ1n) is 7.24. The molecule has 1 aliphatic rings. The van der Waals surface area contributed by atoms with Crippen LogP contribution >= 0.6 is 11.8 Å². The van der Waals surface area contributed by atoms with Crippen molar-refractivity contribution in [1.29, 1.82) is 0 Å². The molecule has 1 unspecified atom stereocenters. The second kappa shape index (κ2) is 9.23. The maximum absolute atomic E-state index is 5.93. The number of nitrogens with zero attached hydrogens (tertiary/aromatic N) is 1. The molecule has 3 heteroatoms. The van der Waals surface area contributed by atoms with Gasteiger partial charge in [0, 0.05) is 12.6 Å². The molecule has 0 aliphatic carbocycles. The molecule has 0 aromatic carbocycles. The highest BCUT2D eigenvalue weighted by atomic mass is 32.2. The third-order valence-corrected chi connectivity index (χ3v) is 4.72. The van der Waals surface area contributed by atoms with Gasteiger partial charge >= 0.3 is 0 Å². The average Bonchev–Trinajstić information content (AvgIpc) is 2.36. The summed E-state index contributed by atoms with van der Waals surface area (Å²) in [6.45, 7) is 5.71. The summed E-state index contributed by atoms with van der Waals surface area (Å²) in [6, 6.07) is 0.643. The van der Waals surface area contributed by atoms with Crippen LogP contribution in [0.4, 0.5) is 0 Å². The Morgan fingerprint density at radius 1 is 1.35 bits per heavy atom. The third-order valence-electron chi connectivity index (χ3n) is 4.02. The van der Waals surface area contributed by atoms with E-state index in [1.165, 1.54) is 57.4 Å². The van der Waals surface area contributed by atoms with Gasteiger partial charge in [0.05, 0.1) is 0 Å². The van der Waals surface area contributed by atoms with Crippen molar-refractivity contribution in [3.8, 4) is 0 Å². The topological polar surface area (TPSA) is 29.3 Å². The van der Waals surface area contributed by atoms with Gasteiger partial charge in [-0.15, -0.1) is 0 Å². The molecule has 102 valence electrons. The molecule has 1 fully saturated rings. The molecule has 0 radical (unpaired) electrons. The number of thioether (sulfide) groups is 1. The number of rotatable bonds is 8. The van der Waals surface area contributed by atoms with Crippen LogP contribution < -0.4 is 5.73 Å². The molecule has 0 aromatic heterocycles. The minimum Gasteiger partial charge on any atom is -0.329 e. The van der Waals surface area contributed by atoms with Crippen molar-refractivity contribution < 1.29 is 0 Å². The van der Waals surface area contributed by atoms with E-state index in [1.807, 2.05) is 11.8 Å². The molecule has 17 heavy (non-hydrogen) atoms. The predicted molar refractivity (Wildman–Crippen MR) is 79.7 cm³/mol. The predicted octanol–water partition coefficient (Wildman–Crippen LogP) is 2.97. The van der Waals surface area contributed by atoms with E-state index in [4.69, 9.17) is 5.73 Å². The van der Waals surface area contributed by atoms with Gasteiger partial charge in [-0.3, -0.25) is 4.90 Å². The van der Waals surface area contributed by atoms with E-state index >= 15 is 0 Å². The summed E-state index contributed by atoms with van der Waals surface area (Å²) in [7, 11) is 0. The first-order valence-corrected chi connectivity index (χ1v) is 8.64. The lowest BCUT2D eigenvalue weighted by Gasteiger charge is -2.37. The average molecular weight is 258 g/mol. The minimum atomic E-state index is 0.643. The monoisotopic (exact) mass is 258 g/mol. The van der Waals surface area contributed by atoms with E-state index in [0.29, 0.717) is 6.04 Å². The minimum absolute atomic E-state index is 0.643. The van der Waals surface area contributed by atoms with Gasteiger partial charge < -0.3 is 5.73 Å². The lowest BCUT2D eigenvalue weighted by molar-refractivity contribution is 0.126. The van der Waals surface area contributed by atoms with Gasteiger partial charge in [-0.2, -0.15) is 11.8 Å². The van der Waals surface area contributed by atoms with E-state index in [0.717, 1.165) is 12.5 Å². The van der Waals surface area contributed by atoms with Crippen molar-refractivity contribution in [3.05, 3.63) is 0 Å². The number of piperidine rings is 1. The maximum atomic E-state index is 5.93. The SMILES string of the molecule is CCCC1CCN(C(CN)CCCSC)CC1. The Balaban J connectivity index is 2.24. The van der Waals surface area contributed by atoms with Gasteiger partial charge in [0.2, 0.25) is 0 Å². The van der Waals surface area contributed by atoms with Gasteiger partial charge in [-0.1, -0.05) is 19.8 Å². The molecule has 0 saturated carbocycles. The number of hydrogen-bond acceptors (Lipinski definition) is 3. The molecule has 2 N–H and O–H groups in total. The van der Waals surface area contributed by atoms with Crippen molar-refractivity contribution in [1.82, 2.24) is 4.90 Å². The smallest absolute Gasteiger partial charge is 0.0218 e. The Morgan fingerprint density at radius 2 is 2.06 bits per heavy atom. The van der Waals surface area contributed by atoms with E-state index in [1.54, 1.807) is 0 Å². The highest BCUT2D eigenvalue weighted by molar-refractivity contribution is 7.98. The molecule has 1 saturated heterocycles. The molecular weight excluding hydrogens is 228 g/mol. The van der Waals surface area contributed by atoms with Gasteiger partial charge in [-0.05, 0) is 56.7 Å². The van der Waals surface area contributed by atoms with Crippen molar-refractivity contribution in [2.24, 2.45) is 11.7 Å². The lowest BCUT2D eigenvalue weighted by Crippen LogP contribution is -2.45. The molecule has 2 nitrogen and oxygen atoms in total. The van der Waals surface area contributed by atoms with Crippen molar-refractivity contribution in [2.75, 3.05) is 31.6 Å². The summed E-state index contributed by atoms with van der Waals surface area (Å²) in [5.41, 5.74) is 5.93. The highest BCUT2D eigenvalue weighted by Crippen LogP contribution is 2.24. The third kappa shape index (κ3) is 5.62. The Bertz CT molecular complexity index is 179. The van der Waals surface area contributed by atoms with Gasteiger partial charge in [-0.25, -0.2) is 0 Å². The van der Waals surface area contributed by atoms with Crippen LogP contribution in [0.15, 0.2) is 0 Å². The quantitative estimate of drug-likeness (QED) is 0.679. The standard InChI is InChI=1S/C14H30N2S/c1-3-5-13-7-9-16(10-8-13)14(12-15)6-4-11-17-2/h13-14H,3-12,15H2,1-2H3. The largest absolute Gasteiger partial charge is 0.329 e. The summed E-state index contributed by atoms with van der Waals surface area (Å²) < 4.78 is 0. The zero-order chi connectivity index (χ0) is 12.5. The second-order valence-corrected chi connectivity index (χ2v) is 6.28. The fourth-order valence-corrected chi connectivity index (χ4v) is 3.38. The summed E-state index contributed by atoms with van der Waals surface area (Å²) in [6.07, 6.45) is 10.4. The molecule has 1 atom stereocenters. The van der Waals surface area contributed by atoms with Gasteiger partial charge in [0.1, 0.15) is 0 Å². The van der Waals surface area contributed by atoms with Crippen LogP contribution in [0.1, 0.15) is 45.4 Å². The summed E-state index contributed by atoms with van der Waals surface area (Å²) in [5, 5.41) is 0. The van der Waals surface area contributed by atoms with Crippen molar-refractivity contribution >= 4 is 11.8 Å². The fourth-order valence-electron chi connectivity index (χ4n) is 2.93. The van der Waals surface area contributed by atoms with Crippen LogP contribution in [0.2, 0.25) is 0 Å². The van der Waals surface area contributed by atoms with E-state index < -0.39 is 0 Å². The van der Waals surface area contributed by atoms with Crippen molar-refractivity contribution in [3.63, 3.8) is 0 Å². The molecule has 1 aliphatic heterocycles. The van der Waals surface area contributed by atoms with Crippen LogP contribution in [0.5, 0.6) is 0 Å². The normalized spacial score (nSPS) is 20.6. The Morgan fingerprint density at radius 3 is 2.59 bits per heavy atom. The molecule has 0 aromatic rings. The number of likely N-dealkylation sites (tertiary alicyclic amines) is 1. The zero-order valence-electron chi connectivity index (χ0n) is 11.7. The lowest BCUT2D eigenvalue weighted by atomic mass is 9.91. The highest BCUT2D eigenvalue weighted by Gasteiger charge is 2.23. The second-order valence-electron chi connectivity index (χ2n) is 5.29. The number of hydrogen-bond donors (Lipinski definition) is 1. The molecule has 0 spiro atoms. The molecule has 1 heterocycles. The molecule has 0 amide bonds. The van der Waals surface area contributed by atoms with Crippen LogP contribution in [0, 0.1) is 5.92 Å². The van der Waals surface area contributed by atoms with Crippen molar-refractivity contribution in [2.45, 2.75) is 51.5 Å². The zero-order valence-corrected chi connectivity index (χ0v) is 12.5. The molecule has 1 rings (SSSR count). The van der Waals surface area contributed by atoms with E-state index in [2.05, 4.69) is 18.1 Å². The van der Waals surface area contributed by atoms with Crippen LogP contribution in [0.3, 0.4) is 0 Å². The molecule has 0 bridgehead atoms. The van der Waals surface area contributed by atoms with Crippen LogP contribution in [0.25, 0.3) is 0 Å². The molecular formula is C14H30N2S. The summed E-state index contributed by atoms with van der Waals surface area (Å²) in [5.74, 6) is 2.27. The first kappa shape index (κ1) is 15.3. The maximum Gasteiger partial charge on any atom is 0.0218 e. The summed E-state index contributed by atoms with van der Waals surface area (Å²) in [4.78, 5) is 2.65. The fraction of sp³-hybridized carbons (Fsp3) is 1.00. The van der Waals surface area contributed by atoms with E-state index in [9.17, 15) is 0 Å². The Kier molecular flexibility index (Phi) is 8.33. The van der Waals surface area contributed by atoms with Crippen LogP contribution in [-0.4, -0.2) is 42.6 Å². The number of nitrogens with two attached hydrogens (primary N) is 1. The summed E-state index contributed by atoms with van der Waals surface area (Å²) >= 11 is 1.95. The first-order chi connectivity index (χ1) is 8.31. The Labute approximate surface area is 112 Å². The van der Waals surface area contributed by atoms with Gasteiger partial charge in [0.25, 0.3) is 0 Å². The Hall–Kier alpha value is 0.270. The van der Waals surface area contributed by atoms with Gasteiger partial charge in [0.15, 0.2) is 0 Å². The van der Waals surface area contributed by atoms with E-state index in [-0.39, 0.29) is 0 Å².